The molecule has 0 atom stereocenters. The Hall–Kier alpha value is -1.40. The number of rotatable bonds is 5. The Labute approximate surface area is 138 Å². The fourth-order valence-corrected chi connectivity index (χ4v) is 2.90. The molecule has 0 heterocycles. The molecular formula is C15H13Cl2NO3S. The number of benzene rings is 2. The van der Waals surface area contributed by atoms with E-state index in [1.165, 1.54) is 12.1 Å². The van der Waals surface area contributed by atoms with Crippen LogP contribution in [-0.2, 0) is 27.7 Å². The lowest BCUT2D eigenvalue weighted by molar-refractivity contribution is -0.117. The number of carbonyl (C=O) groups excluding carboxylic acids is 1. The van der Waals surface area contributed by atoms with Crippen molar-refractivity contribution in [1.82, 2.24) is 0 Å². The number of hydrogen-bond acceptors (Lipinski definition) is 3. The van der Waals surface area contributed by atoms with Crippen LogP contribution in [0.2, 0.25) is 10.0 Å². The second-order valence-electron chi connectivity index (χ2n) is 4.83. The number of sulfonamides is 1. The highest BCUT2D eigenvalue weighted by Gasteiger charge is 2.11. The molecule has 0 unspecified atom stereocenters. The monoisotopic (exact) mass is 357 g/mol. The van der Waals surface area contributed by atoms with Crippen molar-refractivity contribution in [3.8, 4) is 0 Å². The first-order chi connectivity index (χ1) is 10.3. The molecule has 0 spiro atoms. The van der Waals surface area contributed by atoms with Crippen LogP contribution in [0.1, 0.15) is 11.1 Å². The molecule has 0 amide bonds. The van der Waals surface area contributed by atoms with E-state index >= 15 is 0 Å². The van der Waals surface area contributed by atoms with Crippen molar-refractivity contribution < 1.29 is 13.2 Å². The zero-order valence-corrected chi connectivity index (χ0v) is 13.8. The van der Waals surface area contributed by atoms with Gasteiger partial charge in [0.1, 0.15) is 5.78 Å². The highest BCUT2D eigenvalue weighted by atomic mass is 35.5. The van der Waals surface area contributed by atoms with E-state index in [2.05, 4.69) is 0 Å². The average Bonchev–Trinajstić information content (AvgIpc) is 2.42. The van der Waals surface area contributed by atoms with Gasteiger partial charge in [-0.2, -0.15) is 0 Å². The number of halogens is 2. The molecule has 4 nitrogen and oxygen atoms in total. The highest BCUT2D eigenvalue weighted by molar-refractivity contribution is 7.89. The lowest BCUT2D eigenvalue weighted by atomic mass is 10.0. The summed E-state index contributed by atoms with van der Waals surface area (Å²) in [6.45, 7) is 0. The third-order valence-corrected chi connectivity index (χ3v) is 4.66. The Bertz CT molecular complexity index is 819. The van der Waals surface area contributed by atoms with Gasteiger partial charge >= 0.3 is 0 Å². The van der Waals surface area contributed by atoms with Gasteiger partial charge in [-0.15, -0.1) is 0 Å². The van der Waals surface area contributed by atoms with Crippen molar-refractivity contribution in [2.24, 2.45) is 5.14 Å². The Morgan fingerprint density at radius 1 is 0.955 bits per heavy atom. The maximum Gasteiger partial charge on any atom is 0.238 e. The lowest BCUT2D eigenvalue weighted by Gasteiger charge is -2.05. The van der Waals surface area contributed by atoms with Gasteiger partial charge in [0.25, 0.3) is 0 Å². The van der Waals surface area contributed by atoms with Gasteiger partial charge in [0.15, 0.2) is 0 Å². The molecule has 0 aliphatic carbocycles. The van der Waals surface area contributed by atoms with Crippen molar-refractivity contribution in [1.29, 1.82) is 0 Å². The van der Waals surface area contributed by atoms with E-state index in [1.54, 1.807) is 30.3 Å². The van der Waals surface area contributed by atoms with Crippen LogP contribution in [-0.4, -0.2) is 14.2 Å². The molecular weight excluding hydrogens is 345 g/mol. The quantitative estimate of drug-likeness (QED) is 0.893. The van der Waals surface area contributed by atoms with E-state index < -0.39 is 10.0 Å². The average molecular weight is 358 g/mol. The smallest absolute Gasteiger partial charge is 0.238 e. The van der Waals surface area contributed by atoms with E-state index in [0.29, 0.717) is 15.6 Å². The van der Waals surface area contributed by atoms with E-state index in [1.807, 2.05) is 0 Å². The normalized spacial score (nSPS) is 11.4. The molecule has 0 aliphatic heterocycles. The Balaban J connectivity index is 2.10. The first-order valence-corrected chi connectivity index (χ1v) is 8.63. The molecule has 7 heteroatoms. The van der Waals surface area contributed by atoms with Gasteiger partial charge < -0.3 is 0 Å². The van der Waals surface area contributed by atoms with E-state index in [-0.39, 0.29) is 23.5 Å². The summed E-state index contributed by atoms with van der Waals surface area (Å²) in [5.74, 6) is -0.0649. The Kier molecular flexibility index (Phi) is 5.24. The molecule has 116 valence electrons. The molecule has 0 saturated heterocycles. The molecule has 2 aromatic rings. The lowest BCUT2D eigenvalue weighted by Crippen LogP contribution is -2.13. The van der Waals surface area contributed by atoms with Gasteiger partial charge in [-0.25, -0.2) is 13.6 Å². The van der Waals surface area contributed by atoms with Crippen LogP contribution in [0.5, 0.6) is 0 Å². The minimum absolute atomic E-state index is 0.00710. The first-order valence-electron chi connectivity index (χ1n) is 6.33. The number of ketones is 1. The van der Waals surface area contributed by atoms with Crippen LogP contribution in [0, 0.1) is 0 Å². The van der Waals surface area contributed by atoms with Crippen molar-refractivity contribution >= 4 is 39.0 Å². The third-order valence-electron chi connectivity index (χ3n) is 3.01. The minimum Gasteiger partial charge on any atom is -0.299 e. The molecule has 22 heavy (non-hydrogen) atoms. The molecule has 0 aromatic heterocycles. The highest BCUT2D eigenvalue weighted by Crippen LogP contribution is 2.23. The largest absolute Gasteiger partial charge is 0.299 e. The predicted octanol–water partition coefficient (Wildman–Crippen LogP) is 3.00. The van der Waals surface area contributed by atoms with Crippen LogP contribution in [0.4, 0.5) is 0 Å². The summed E-state index contributed by atoms with van der Waals surface area (Å²) in [5, 5.41) is 5.89. The Morgan fingerprint density at radius 3 is 2.18 bits per heavy atom. The summed E-state index contributed by atoms with van der Waals surface area (Å²) in [6.07, 6.45) is 0.306. The molecule has 0 fully saturated rings. The second-order valence-corrected chi connectivity index (χ2v) is 7.21. The first kappa shape index (κ1) is 17.0. The van der Waals surface area contributed by atoms with Gasteiger partial charge in [0, 0.05) is 12.8 Å². The Morgan fingerprint density at radius 2 is 1.59 bits per heavy atom. The molecule has 0 aliphatic rings. The van der Waals surface area contributed by atoms with Crippen molar-refractivity contribution in [2.45, 2.75) is 17.7 Å². The maximum absolute atomic E-state index is 12.1. The number of Topliss-reactive ketones (excluding diaryl/α,β-unsaturated/α-hetero) is 1. The number of primary sulfonamides is 1. The fourth-order valence-electron chi connectivity index (χ4n) is 2.00. The van der Waals surface area contributed by atoms with Gasteiger partial charge in [-0.3, -0.25) is 4.79 Å². The van der Waals surface area contributed by atoms with E-state index in [4.69, 9.17) is 28.3 Å². The molecule has 2 aromatic carbocycles. The van der Waals surface area contributed by atoms with E-state index in [9.17, 15) is 13.2 Å². The molecule has 0 bridgehead atoms. The summed E-state index contributed by atoms with van der Waals surface area (Å²) in [5.41, 5.74) is 1.35. The zero-order chi connectivity index (χ0) is 16.3. The minimum atomic E-state index is -3.77. The number of carbonyl (C=O) groups is 1. The van der Waals surface area contributed by atoms with Crippen LogP contribution >= 0.6 is 23.2 Å². The zero-order valence-electron chi connectivity index (χ0n) is 11.4. The van der Waals surface area contributed by atoms with Crippen LogP contribution in [0.15, 0.2) is 47.4 Å². The van der Waals surface area contributed by atoms with Crippen molar-refractivity contribution in [2.75, 3.05) is 0 Å². The number of nitrogens with two attached hydrogens (primary N) is 1. The predicted molar refractivity (Wildman–Crippen MR) is 86.7 cm³/mol. The summed E-state index contributed by atoms with van der Waals surface area (Å²) in [4.78, 5) is 12.1. The third kappa shape index (κ3) is 4.55. The van der Waals surface area contributed by atoms with E-state index in [0.717, 1.165) is 5.56 Å². The topological polar surface area (TPSA) is 77.2 Å². The maximum atomic E-state index is 12.1. The van der Waals surface area contributed by atoms with Crippen molar-refractivity contribution in [3.05, 3.63) is 63.6 Å². The van der Waals surface area contributed by atoms with Gasteiger partial charge in [0.2, 0.25) is 10.0 Å². The fraction of sp³-hybridized carbons (Fsp3) is 0.133. The molecule has 0 radical (unpaired) electrons. The van der Waals surface area contributed by atoms with Gasteiger partial charge in [-0.1, -0.05) is 41.4 Å². The van der Waals surface area contributed by atoms with Gasteiger partial charge in [0.05, 0.1) is 14.9 Å². The van der Waals surface area contributed by atoms with Crippen LogP contribution < -0.4 is 5.14 Å². The summed E-state index contributed by atoms with van der Waals surface area (Å²) in [6, 6.07) is 11.0. The molecule has 0 saturated carbocycles. The molecule has 2 N–H and O–H groups in total. The second kappa shape index (κ2) is 6.79. The molecule has 2 rings (SSSR count). The standard InChI is InChI=1S/C15H13Cl2NO3S/c16-14-5-4-11(9-15(14)17)7-12(19)6-10-2-1-3-13(8-10)22(18,20)21/h1-5,8-9H,6-7H2,(H2,18,20,21). The number of hydrogen-bond donors (Lipinski definition) is 1. The van der Waals surface area contributed by atoms with Crippen LogP contribution in [0.25, 0.3) is 0 Å². The van der Waals surface area contributed by atoms with Gasteiger partial charge in [-0.05, 0) is 35.4 Å². The summed E-state index contributed by atoms with van der Waals surface area (Å²) >= 11 is 11.7. The summed E-state index contributed by atoms with van der Waals surface area (Å²) < 4.78 is 22.6. The summed E-state index contributed by atoms with van der Waals surface area (Å²) in [7, 11) is -3.77. The SMILES string of the molecule is NS(=O)(=O)c1cccc(CC(=O)Cc2ccc(Cl)c(Cl)c2)c1. The van der Waals surface area contributed by atoms with Crippen molar-refractivity contribution in [3.63, 3.8) is 0 Å². The van der Waals surface area contributed by atoms with Crippen LogP contribution in [0.3, 0.4) is 0 Å².